The Morgan fingerprint density at radius 2 is 1.91 bits per heavy atom. The van der Waals surface area contributed by atoms with Crippen LogP contribution in [0.5, 0.6) is 0 Å². The highest BCUT2D eigenvalue weighted by Gasteiger charge is 2.34. The van der Waals surface area contributed by atoms with Crippen LogP contribution in [0.4, 0.5) is 13.2 Å². The first kappa shape index (κ1) is 21.8. The average Bonchev–Trinajstić information content (AvgIpc) is 3.47. The Bertz CT molecular complexity index is 1560. The van der Waals surface area contributed by atoms with Crippen molar-refractivity contribution in [3.05, 3.63) is 93.6 Å². The normalized spacial score (nSPS) is 12.8. The molecule has 34 heavy (non-hydrogen) atoms. The predicted molar refractivity (Wildman–Crippen MR) is 121 cm³/mol. The van der Waals surface area contributed by atoms with Crippen LogP contribution in [-0.2, 0) is 17.5 Å². The summed E-state index contributed by atoms with van der Waals surface area (Å²) in [5, 5.41) is 5.08. The smallest absolute Gasteiger partial charge is 0.344 e. The standard InChI is InChI=1S/C23H16F3N5O2S/c24-23(25,26)22-28-16-7-6-14(10-17(16)29-22)19(13-4-2-1-3-5-13)30-18(32)11-31-12-27-20-15(21(31)33)8-9-34-20/h1-10,12,19H,11H2,(H,28,29)(H,30,32)/t19-/m0/s1. The van der Waals surface area contributed by atoms with E-state index in [0.717, 1.165) is 5.56 Å². The largest absolute Gasteiger partial charge is 0.449 e. The lowest BCUT2D eigenvalue weighted by Crippen LogP contribution is -2.35. The molecule has 0 unspecified atom stereocenters. The third-order valence-electron chi connectivity index (χ3n) is 5.31. The van der Waals surface area contributed by atoms with Crippen molar-refractivity contribution >= 4 is 38.5 Å². The molecule has 3 aromatic heterocycles. The number of nitrogens with zero attached hydrogens (tertiary/aromatic N) is 3. The summed E-state index contributed by atoms with van der Waals surface area (Å²) in [7, 11) is 0. The summed E-state index contributed by atoms with van der Waals surface area (Å²) in [5.74, 6) is -1.54. The highest BCUT2D eigenvalue weighted by atomic mass is 32.1. The zero-order valence-electron chi connectivity index (χ0n) is 17.3. The maximum atomic E-state index is 13.1. The number of fused-ring (bicyclic) bond motifs is 2. The van der Waals surface area contributed by atoms with Crippen LogP contribution in [0.1, 0.15) is 23.0 Å². The summed E-state index contributed by atoms with van der Waals surface area (Å²) < 4.78 is 40.4. The van der Waals surface area contributed by atoms with Crippen molar-refractivity contribution in [1.29, 1.82) is 0 Å². The van der Waals surface area contributed by atoms with Crippen LogP contribution in [0.2, 0.25) is 0 Å². The van der Waals surface area contributed by atoms with E-state index in [0.29, 0.717) is 15.8 Å². The Labute approximate surface area is 193 Å². The van der Waals surface area contributed by atoms with Gasteiger partial charge in [-0.05, 0) is 34.7 Å². The number of amides is 1. The molecule has 2 aromatic carbocycles. The maximum Gasteiger partial charge on any atom is 0.449 e. The molecule has 0 saturated heterocycles. The van der Waals surface area contributed by atoms with Crippen molar-refractivity contribution in [2.75, 3.05) is 0 Å². The molecule has 11 heteroatoms. The molecule has 0 aliphatic heterocycles. The van der Waals surface area contributed by atoms with Crippen LogP contribution in [0.3, 0.4) is 0 Å². The van der Waals surface area contributed by atoms with E-state index in [-0.39, 0.29) is 23.1 Å². The first-order valence-electron chi connectivity index (χ1n) is 10.1. The molecule has 0 saturated carbocycles. The number of rotatable bonds is 5. The van der Waals surface area contributed by atoms with Crippen molar-refractivity contribution in [2.24, 2.45) is 0 Å². The van der Waals surface area contributed by atoms with Crippen LogP contribution >= 0.6 is 11.3 Å². The maximum absolute atomic E-state index is 13.1. The molecular formula is C23H16F3N5O2S. The first-order valence-corrected chi connectivity index (χ1v) is 11.0. The minimum absolute atomic E-state index is 0.163. The molecular weight excluding hydrogens is 467 g/mol. The van der Waals surface area contributed by atoms with Gasteiger partial charge < -0.3 is 10.3 Å². The second-order valence-corrected chi connectivity index (χ2v) is 8.48. The Kier molecular flexibility index (Phi) is 5.40. The number of hydrogen-bond acceptors (Lipinski definition) is 5. The zero-order chi connectivity index (χ0) is 23.9. The second-order valence-electron chi connectivity index (χ2n) is 7.59. The number of benzene rings is 2. The number of carbonyl (C=O) groups is 1. The number of imidazole rings is 1. The summed E-state index contributed by atoms with van der Waals surface area (Å²) in [4.78, 5) is 36.2. The van der Waals surface area contributed by atoms with E-state index in [1.165, 1.54) is 34.4 Å². The molecule has 1 atom stereocenters. The molecule has 2 N–H and O–H groups in total. The van der Waals surface area contributed by atoms with E-state index in [9.17, 15) is 22.8 Å². The van der Waals surface area contributed by atoms with Gasteiger partial charge in [0.15, 0.2) is 0 Å². The molecule has 0 aliphatic carbocycles. The minimum atomic E-state index is -4.60. The quantitative estimate of drug-likeness (QED) is 0.391. The predicted octanol–water partition coefficient (Wildman–Crippen LogP) is 4.26. The van der Waals surface area contributed by atoms with Gasteiger partial charge in [0.2, 0.25) is 11.7 Å². The van der Waals surface area contributed by atoms with Crippen molar-refractivity contribution in [3.8, 4) is 0 Å². The SMILES string of the molecule is O=C(Cn1cnc2sccc2c1=O)N[C@@H](c1ccccc1)c1ccc2nc(C(F)(F)F)[nH]c2c1. The number of aromatic amines is 1. The van der Waals surface area contributed by atoms with Gasteiger partial charge in [0, 0.05) is 0 Å². The van der Waals surface area contributed by atoms with Gasteiger partial charge in [-0.3, -0.25) is 14.2 Å². The van der Waals surface area contributed by atoms with Gasteiger partial charge in [0.05, 0.1) is 28.8 Å². The molecule has 3 heterocycles. The number of alkyl halides is 3. The second kappa shape index (κ2) is 8.41. The summed E-state index contributed by atoms with van der Waals surface area (Å²) in [5.41, 5.74) is 1.32. The lowest BCUT2D eigenvalue weighted by molar-refractivity contribution is -0.144. The van der Waals surface area contributed by atoms with E-state index in [1.54, 1.807) is 41.8 Å². The van der Waals surface area contributed by atoms with Gasteiger partial charge in [-0.1, -0.05) is 36.4 Å². The Hall–Kier alpha value is -3.99. The fraction of sp³-hybridized carbons (Fsp3) is 0.130. The molecule has 0 bridgehead atoms. The van der Waals surface area contributed by atoms with E-state index in [4.69, 9.17) is 0 Å². The van der Waals surface area contributed by atoms with Crippen LogP contribution in [-0.4, -0.2) is 25.4 Å². The molecule has 5 aromatic rings. The van der Waals surface area contributed by atoms with Crippen LogP contribution in [0, 0.1) is 0 Å². The molecule has 0 radical (unpaired) electrons. The third-order valence-corrected chi connectivity index (χ3v) is 6.13. The average molecular weight is 483 g/mol. The molecule has 172 valence electrons. The Morgan fingerprint density at radius 1 is 1.12 bits per heavy atom. The molecule has 5 rings (SSSR count). The van der Waals surface area contributed by atoms with Gasteiger partial charge in [-0.2, -0.15) is 13.2 Å². The summed E-state index contributed by atoms with van der Waals surface area (Å²) >= 11 is 1.33. The third kappa shape index (κ3) is 4.17. The monoisotopic (exact) mass is 483 g/mol. The lowest BCUT2D eigenvalue weighted by Gasteiger charge is -2.20. The van der Waals surface area contributed by atoms with Crippen molar-refractivity contribution in [2.45, 2.75) is 18.8 Å². The van der Waals surface area contributed by atoms with Crippen LogP contribution in [0.15, 0.2) is 71.1 Å². The Morgan fingerprint density at radius 3 is 2.68 bits per heavy atom. The topological polar surface area (TPSA) is 92.7 Å². The van der Waals surface area contributed by atoms with Crippen LogP contribution < -0.4 is 10.9 Å². The number of carbonyl (C=O) groups excluding carboxylic acids is 1. The fourth-order valence-electron chi connectivity index (χ4n) is 3.71. The Balaban J connectivity index is 1.47. The number of halogens is 3. The molecule has 0 aliphatic rings. The molecule has 7 nitrogen and oxygen atoms in total. The number of hydrogen-bond donors (Lipinski definition) is 2. The highest BCUT2D eigenvalue weighted by molar-refractivity contribution is 7.16. The van der Waals surface area contributed by atoms with E-state index in [1.807, 2.05) is 6.07 Å². The fourth-order valence-corrected chi connectivity index (χ4v) is 4.44. The van der Waals surface area contributed by atoms with Gasteiger partial charge in [0.25, 0.3) is 5.56 Å². The van der Waals surface area contributed by atoms with Gasteiger partial charge in [-0.25, -0.2) is 9.97 Å². The van der Waals surface area contributed by atoms with E-state index < -0.39 is 23.9 Å². The number of thiophene rings is 1. The van der Waals surface area contributed by atoms with Crippen molar-refractivity contribution in [1.82, 2.24) is 24.8 Å². The van der Waals surface area contributed by atoms with Gasteiger partial charge in [0.1, 0.15) is 11.4 Å². The summed E-state index contributed by atoms with van der Waals surface area (Å²) in [6.07, 6.45) is -3.27. The highest BCUT2D eigenvalue weighted by Crippen LogP contribution is 2.30. The summed E-state index contributed by atoms with van der Waals surface area (Å²) in [6, 6.07) is 14.6. The number of nitrogens with one attached hydrogen (secondary N) is 2. The minimum Gasteiger partial charge on any atom is -0.344 e. The number of aromatic nitrogens is 4. The van der Waals surface area contributed by atoms with Crippen LogP contribution in [0.25, 0.3) is 21.3 Å². The van der Waals surface area contributed by atoms with Gasteiger partial charge >= 0.3 is 6.18 Å². The molecule has 0 fully saturated rings. The van der Waals surface area contributed by atoms with Crippen molar-refractivity contribution < 1.29 is 18.0 Å². The zero-order valence-corrected chi connectivity index (χ0v) is 18.2. The lowest BCUT2D eigenvalue weighted by atomic mass is 9.98. The van der Waals surface area contributed by atoms with Gasteiger partial charge in [-0.15, -0.1) is 11.3 Å². The van der Waals surface area contributed by atoms with Crippen molar-refractivity contribution in [3.63, 3.8) is 0 Å². The number of H-pyrrole nitrogens is 1. The van der Waals surface area contributed by atoms with E-state index in [2.05, 4.69) is 20.3 Å². The molecule has 1 amide bonds. The van der Waals surface area contributed by atoms with E-state index >= 15 is 0 Å². The summed E-state index contributed by atoms with van der Waals surface area (Å²) in [6.45, 7) is -0.258. The molecule has 0 spiro atoms. The first-order chi connectivity index (χ1) is 16.3.